The Hall–Kier alpha value is -3.05. The number of halogens is 1. The van der Waals surface area contributed by atoms with E-state index in [9.17, 15) is 14.6 Å². The molecule has 0 saturated carbocycles. The quantitative estimate of drug-likeness (QED) is 0.553. The normalized spacial score (nSPS) is 12.4. The maximum Gasteiger partial charge on any atom is 0.159 e. The van der Waals surface area contributed by atoms with Crippen LogP contribution in [0.5, 0.6) is 5.75 Å². The number of rotatable bonds is 7. The molecular formula is C23H23FN2O2. The second-order valence-electron chi connectivity index (χ2n) is 6.76. The average Bonchev–Trinajstić information content (AvgIpc) is 2.68. The number of aromatic nitrogens is 2. The molecule has 4 nitrogen and oxygen atoms in total. The summed E-state index contributed by atoms with van der Waals surface area (Å²) >= 11 is 0. The second-order valence-corrected chi connectivity index (χ2v) is 6.76. The van der Waals surface area contributed by atoms with Crippen LogP contribution in [0.1, 0.15) is 31.7 Å². The van der Waals surface area contributed by atoms with Gasteiger partial charge < -0.3 is 10.2 Å². The highest BCUT2D eigenvalue weighted by molar-refractivity contribution is 5.66. The summed E-state index contributed by atoms with van der Waals surface area (Å²) < 4.78 is 14.5. The van der Waals surface area contributed by atoms with Gasteiger partial charge in [-0.3, -0.25) is 0 Å². The molecule has 0 radical (unpaired) electrons. The average molecular weight is 378 g/mol. The van der Waals surface area contributed by atoms with Crippen LogP contribution in [0.2, 0.25) is 0 Å². The SMILES string of the molecule is CC(O)CCC/C=C/c1ccc(-c2cnc(-c3ccc(O)cc3)nc2)c(F)c1. The van der Waals surface area contributed by atoms with Crippen molar-refractivity contribution in [1.82, 2.24) is 9.97 Å². The smallest absolute Gasteiger partial charge is 0.159 e. The van der Waals surface area contributed by atoms with E-state index in [0.29, 0.717) is 17.0 Å². The van der Waals surface area contributed by atoms with Crippen LogP contribution in [0.25, 0.3) is 28.6 Å². The van der Waals surface area contributed by atoms with Gasteiger partial charge in [-0.1, -0.05) is 24.3 Å². The first-order valence-corrected chi connectivity index (χ1v) is 9.29. The fraction of sp³-hybridized carbons (Fsp3) is 0.217. The van der Waals surface area contributed by atoms with E-state index in [2.05, 4.69) is 9.97 Å². The molecule has 0 spiro atoms. The van der Waals surface area contributed by atoms with Crippen LogP contribution in [0.4, 0.5) is 4.39 Å². The van der Waals surface area contributed by atoms with Crippen molar-refractivity contribution in [2.45, 2.75) is 32.3 Å². The minimum absolute atomic E-state index is 0.180. The Morgan fingerprint density at radius 1 is 1.04 bits per heavy atom. The van der Waals surface area contributed by atoms with Crippen LogP contribution in [0.3, 0.4) is 0 Å². The van der Waals surface area contributed by atoms with Crippen LogP contribution < -0.4 is 0 Å². The zero-order valence-corrected chi connectivity index (χ0v) is 15.7. The lowest BCUT2D eigenvalue weighted by molar-refractivity contribution is 0.182. The molecule has 1 unspecified atom stereocenters. The van der Waals surface area contributed by atoms with Crippen molar-refractivity contribution in [3.8, 4) is 28.3 Å². The molecule has 0 aliphatic rings. The summed E-state index contributed by atoms with van der Waals surface area (Å²) in [6.07, 6.45) is 9.30. The van der Waals surface area contributed by atoms with E-state index in [0.717, 1.165) is 30.4 Å². The summed E-state index contributed by atoms with van der Waals surface area (Å²) in [6, 6.07) is 11.7. The van der Waals surface area contributed by atoms with Gasteiger partial charge in [0.2, 0.25) is 0 Å². The third-order valence-electron chi connectivity index (χ3n) is 4.38. The van der Waals surface area contributed by atoms with Crippen LogP contribution in [0.15, 0.2) is 60.9 Å². The van der Waals surface area contributed by atoms with Crippen molar-refractivity contribution in [3.63, 3.8) is 0 Å². The maximum absolute atomic E-state index is 14.5. The van der Waals surface area contributed by atoms with Crippen LogP contribution >= 0.6 is 0 Å². The van der Waals surface area contributed by atoms with Crippen LogP contribution in [0, 0.1) is 5.82 Å². The lowest BCUT2D eigenvalue weighted by Gasteiger charge is -2.06. The van der Waals surface area contributed by atoms with E-state index in [-0.39, 0.29) is 17.7 Å². The number of aromatic hydroxyl groups is 1. The molecule has 1 atom stereocenters. The van der Waals surface area contributed by atoms with Gasteiger partial charge in [-0.2, -0.15) is 0 Å². The molecule has 2 aromatic carbocycles. The predicted octanol–water partition coefficient (Wildman–Crippen LogP) is 5.22. The van der Waals surface area contributed by atoms with Gasteiger partial charge in [0.05, 0.1) is 6.10 Å². The van der Waals surface area contributed by atoms with Crippen molar-refractivity contribution in [2.75, 3.05) is 0 Å². The fourth-order valence-electron chi connectivity index (χ4n) is 2.85. The van der Waals surface area contributed by atoms with Gasteiger partial charge in [-0.05, 0) is 62.1 Å². The molecule has 0 bridgehead atoms. The topological polar surface area (TPSA) is 66.2 Å². The monoisotopic (exact) mass is 378 g/mol. The molecule has 0 amide bonds. The number of unbranched alkanes of at least 4 members (excludes halogenated alkanes) is 1. The number of benzene rings is 2. The van der Waals surface area contributed by atoms with Crippen molar-refractivity contribution in [1.29, 1.82) is 0 Å². The Balaban J connectivity index is 1.70. The number of aliphatic hydroxyl groups is 1. The predicted molar refractivity (Wildman–Crippen MR) is 109 cm³/mol. The Morgan fingerprint density at radius 3 is 2.39 bits per heavy atom. The second kappa shape index (κ2) is 9.24. The zero-order chi connectivity index (χ0) is 19.9. The molecule has 28 heavy (non-hydrogen) atoms. The molecule has 0 fully saturated rings. The van der Waals surface area contributed by atoms with Gasteiger partial charge in [-0.25, -0.2) is 14.4 Å². The summed E-state index contributed by atoms with van der Waals surface area (Å²) in [7, 11) is 0. The lowest BCUT2D eigenvalue weighted by atomic mass is 10.0. The molecule has 0 aliphatic carbocycles. The standard InChI is InChI=1S/C23H23FN2O2/c1-16(27)5-3-2-4-6-17-7-12-21(22(24)13-17)19-14-25-23(26-15-19)18-8-10-20(28)11-9-18/h4,6-16,27-28H,2-3,5H2,1H3/b6-4+. The molecule has 144 valence electrons. The van der Waals surface area contributed by atoms with E-state index in [1.54, 1.807) is 49.6 Å². The number of phenols is 1. The third kappa shape index (κ3) is 5.24. The molecule has 1 heterocycles. The first-order chi connectivity index (χ1) is 13.5. The molecule has 2 N–H and O–H groups in total. The van der Waals surface area contributed by atoms with Crippen molar-refractivity contribution in [3.05, 3.63) is 72.3 Å². The lowest BCUT2D eigenvalue weighted by Crippen LogP contribution is -1.97. The summed E-state index contributed by atoms with van der Waals surface area (Å²) in [5.41, 5.74) is 2.62. The van der Waals surface area contributed by atoms with Crippen molar-refractivity contribution < 1.29 is 14.6 Å². The van der Waals surface area contributed by atoms with E-state index < -0.39 is 0 Å². The van der Waals surface area contributed by atoms with E-state index in [1.807, 2.05) is 18.2 Å². The number of hydrogen-bond acceptors (Lipinski definition) is 4. The number of nitrogens with zero attached hydrogens (tertiary/aromatic N) is 2. The molecule has 3 aromatic rings. The maximum atomic E-state index is 14.5. The third-order valence-corrected chi connectivity index (χ3v) is 4.38. The van der Waals surface area contributed by atoms with E-state index in [4.69, 9.17) is 0 Å². The molecule has 3 rings (SSSR count). The Kier molecular flexibility index (Phi) is 6.50. The molecule has 1 aromatic heterocycles. The van der Waals surface area contributed by atoms with Gasteiger partial charge in [-0.15, -0.1) is 0 Å². The van der Waals surface area contributed by atoms with Crippen molar-refractivity contribution >= 4 is 6.08 Å². The Bertz CT molecular complexity index is 936. The van der Waals surface area contributed by atoms with Gasteiger partial charge in [0.25, 0.3) is 0 Å². The first kappa shape index (κ1) is 19.7. The van der Waals surface area contributed by atoms with Crippen molar-refractivity contribution in [2.24, 2.45) is 0 Å². The molecule has 0 saturated heterocycles. The van der Waals surface area contributed by atoms with Gasteiger partial charge in [0, 0.05) is 29.1 Å². The Morgan fingerprint density at radius 2 is 1.75 bits per heavy atom. The summed E-state index contributed by atoms with van der Waals surface area (Å²) in [5.74, 6) is 0.368. The van der Waals surface area contributed by atoms with Crippen LogP contribution in [-0.2, 0) is 0 Å². The largest absolute Gasteiger partial charge is 0.508 e. The Labute approximate surface area is 164 Å². The van der Waals surface area contributed by atoms with E-state index >= 15 is 0 Å². The number of aliphatic hydroxyl groups excluding tert-OH is 1. The summed E-state index contributed by atoms with van der Waals surface area (Å²) in [5, 5.41) is 18.6. The molecular weight excluding hydrogens is 355 g/mol. The minimum atomic E-state index is -0.327. The van der Waals surface area contributed by atoms with E-state index in [1.165, 1.54) is 6.07 Å². The highest BCUT2D eigenvalue weighted by atomic mass is 19.1. The highest BCUT2D eigenvalue weighted by Gasteiger charge is 2.08. The minimum Gasteiger partial charge on any atom is -0.508 e. The summed E-state index contributed by atoms with van der Waals surface area (Å²) in [4.78, 5) is 8.62. The first-order valence-electron chi connectivity index (χ1n) is 9.29. The zero-order valence-electron chi connectivity index (χ0n) is 15.7. The molecule has 5 heteroatoms. The number of phenolic OH excluding ortho intramolecular Hbond substituents is 1. The van der Waals surface area contributed by atoms with Gasteiger partial charge in [0.1, 0.15) is 11.6 Å². The fourth-order valence-corrected chi connectivity index (χ4v) is 2.85. The van der Waals surface area contributed by atoms with Gasteiger partial charge in [0.15, 0.2) is 5.82 Å². The number of allylic oxidation sites excluding steroid dienone is 1. The number of hydrogen-bond donors (Lipinski definition) is 2. The van der Waals surface area contributed by atoms with Crippen LogP contribution in [-0.4, -0.2) is 26.3 Å². The molecule has 0 aliphatic heterocycles. The highest BCUT2D eigenvalue weighted by Crippen LogP contribution is 2.25. The van der Waals surface area contributed by atoms with Gasteiger partial charge >= 0.3 is 0 Å². The summed E-state index contributed by atoms with van der Waals surface area (Å²) in [6.45, 7) is 1.78.